The first-order valence-electron chi connectivity index (χ1n) is 11.3. The predicted molar refractivity (Wildman–Crippen MR) is 118 cm³/mol. The summed E-state index contributed by atoms with van der Waals surface area (Å²) < 4.78 is 10.8. The molecule has 1 aromatic heterocycles. The normalized spacial score (nSPS) is 19.9. The molecule has 0 aliphatic carbocycles. The summed E-state index contributed by atoms with van der Waals surface area (Å²) in [7, 11) is 1.84. The van der Waals surface area contributed by atoms with Crippen LogP contribution in [-0.4, -0.2) is 98.7 Å². The molecule has 0 bridgehead atoms. The molecular weight excluding hydrogens is 382 g/mol. The van der Waals surface area contributed by atoms with Gasteiger partial charge in [-0.3, -0.25) is 14.7 Å². The number of piperazine rings is 1. The van der Waals surface area contributed by atoms with Crippen molar-refractivity contribution in [2.24, 2.45) is 10.9 Å². The lowest BCUT2D eigenvalue weighted by molar-refractivity contribution is 0.00254. The second-order valence-electron chi connectivity index (χ2n) is 7.98. The number of aliphatic imine (C=N–C) groups is 1. The Morgan fingerprint density at radius 3 is 2.33 bits per heavy atom. The van der Waals surface area contributed by atoms with Crippen molar-refractivity contribution < 1.29 is 13.9 Å². The topological polar surface area (TPSA) is 73.6 Å². The van der Waals surface area contributed by atoms with E-state index in [1.165, 1.54) is 12.8 Å². The molecule has 8 heteroatoms. The highest BCUT2D eigenvalue weighted by molar-refractivity contribution is 5.91. The molecule has 2 fully saturated rings. The van der Waals surface area contributed by atoms with Gasteiger partial charge in [0.2, 0.25) is 0 Å². The molecule has 168 valence electrons. The molecule has 8 nitrogen and oxygen atoms in total. The molecule has 0 saturated carbocycles. The molecule has 0 radical (unpaired) electrons. The van der Waals surface area contributed by atoms with Crippen LogP contribution in [0, 0.1) is 5.92 Å². The molecule has 1 atom stereocenters. The minimum Gasteiger partial charge on any atom is -0.459 e. The van der Waals surface area contributed by atoms with Gasteiger partial charge in [-0.1, -0.05) is 26.7 Å². The van der Waals surface area contributed by atoms with Crippen LogP contribution >= 0.6 is 0 Å². The van der Waals surface area contributed by atoms with Crippen LogP contribution in [0.5, 0.6) is 0 Å². The fourth-order valence-corrected chi connectivity index (χ4v) is 4.54. The van der Waals surface area contributed by atoms with Crippen molar-refractivity contribution in [3.8, 4) is 0 Å². The SMILES string of the molecule is CCC(CC)C(CNC(=NC)N1CCN(C(=O)c2ccco2)CC1)N1CCOCC1. The van der Waals surface area contributed by atoms with E-state index in [1.807, 2.05) is 11.9 Å². The molecule has 1 N–H and O–H groups in total. The van der Waals surface area contributed by atoms with Crippen molar-refractivity contribution in [3.63, 3.8) is 0 Å². The molecule has 2 saturated heterocycles. The minimum absolute atomic E-state index is 0.0382. The smallest absolute Gasteiger partial charge is 0.289 e. The maximum absolute atomic E-state index is 12.5. The molecule has 1 amide bonds. The fraction of sp³-hybridized carbons (Fsp3) is 0.727. The Kier molecular flexibility index (Phi) is 8.57. The Bertz CT molecular complexity index is 660. The van der Waals surface area contributed by atoms with E-state index in [9.17, 15) is 4.79 Å². The maximum Gasteiger partial charge on any atom is 0.289 e. The minimum atomic E-state index is -0.0382. The highest BCUT2D eigenvalue weighted by Gasteiger charge is 2.29. The van der Waals surface area contributed by atoms with Gasteiger partial charge in [0.25, 0.3) is 5.91 Å². The molecule has 30 heavy (non-hydrogen) atoms. The summed E-state index contributed by atoms with van der Waals surface area (Å²) in [5.41, 5.74) is 0. The first-order chi connectivity index (χ1) is 14.7. The standard InChI is InChI=1S/C22H37N5O3/c1-4-18(5-2)19(25-12-15-29-16-13-25)17-24-22(23-3)27-10-8-26(9-11-27)21(28)20-7-6-14-30-20/h6-7,14,18-19H,4-5,8-13,15-17H2,1-3H3,(H,23,24). The van der Waals surface area contributed by atoms with E-state index in [0.29, 0.717) is 30.8 Å². The first kappa shape index (κ1) is 22.6. The van der Waals surface area contributed by atoms with E-state index < -0.39 is 0 Å². The predicted octanol–water partition coefficient (Wildman–Crippen LogP) is 1.75. The average Bonchev–Trinajstić information content (AvgIpc) is 3.34. The highest BCUT2D eigenvalue weighted by atomic mass is 16.5. The highest BCUT2D eigenvalue weighted by Crippen LogP contribution is 2.20. The molecule has 1 unspecified atom stereocenters. The monoisotopic (exact) mass is 419 g/mol. The molecule has 3 rings (SSSR count). The number of guanidine groups is 1. The number of hydrogen-bond acceptors (Lipinski definition) is 5. The van der Waals surface area contributed by atoms with Crippen LogP contribution in [0.4, 0.5) is 0 Å². The van der Waals surface area contributed by atoms with Gasteiger partial charge in [-0.25, -0.2) is 0 Å². The summed E-state index contributed by atoms with van der Waals surface area (Å²) in [6.45, 7) is 11.9. The third-order valence-corrected chi connectivity index (χ3v) is 6.39. The molecule has 2 aliphatic rings. The lowest BCUT2D eigenvalue weighted by atomic mass is 9.92. The largest absolute Gasteiger partial charge is 0.459 e. The molecule has 1 aromatic rings. The number of nitrogens with one attached hydrogen (secondary N) is 1. The van der Waals surface area contributed by atoms with Gasteiger partial charge in [0.15, 0.2) is 11.7 Å². The summed E-state index contributed by atoms with van der Waals surface area (Å²) >= 11 is 0. The number of carbonyl (C=O) groups is 1. The number of morpholine rings is 1. The molecular formula is C22H37N5O3. The van der Waals surface area contributed by atoms with Crippen molar-refractivity contribution in [3.05, 3.63) is 24.2 Å². The zero-order valence-electron chi connectivity index (χ0n) is 18.7. The van der Waals surface area contributed by atoms with E-state index in [1.54, 1.807) is 18.4 Å². The van der Waals surface area contributed by atoms with Gasteiger partial charge in [0, 0.05) is 58.9 Å². The van der Waals surface area contributed by atoms with Crippen molar-refractivity contribution in [2.75, 3.05) is 66.1 Å². The van der Waals surface area contributed by atoms with E-state index in [-0.39, 0.29) is 5.91 Å². The Labute approximate surface area is 180 Å². The van der Waals surface area contributed by atoms with Gasteiger partial charge in [0.05, 0.1) is 19.5 Å². The van der Waals surface area contributed by atoms with Gasteiger partial charge in [-0.2, -0.15) is 0 Å². The van der Waals surface area contributed by atoms with Crippen molar-refractivity contribution >= 4 is 11.9 Å². The Morgan fingerprint density at radius 2 is 1.77 bits per heavy atom. The number of hydrogen-bond donors (Lipinski definition) is 1. The molecule has 0 spiro atoms. The van der Waals surface area contributed by atoms with Crippen LogP contribution in [-0.2, 0) is 4.74 Å². The number of nitrogens with zero attached hydrogens (tertiary/aromatic N) is 4. The molecule has 3 heterocycles. The number of amides is 1. The van der Waals surface area contributed by atoms with Gasteiger partial charge in [0.1, 0.15) is 0 Å². The van der Waals surface area contributed by atoms with Gasteiger partial charge in [-0.05, 0) is 18.1 Å². The summed E-state index contributed by atoms with van der Waals surface area (Å²) in [4.78, 5) is 23.7. The summed E-state index contributed by atoms with van der Waals surface area (Å²) in [6.07, 6.45) is 3.89. The lowest BCUT2D eigenvalue weighted by Crippen LogP contribution is -2.57. The lowest BCUT2D eigenvalue weighted by Gasteiger charge is -2.40. The van der Waals surface area contributed by atoms with Crippen LogP contribution in [0.15, 0.2) is 27.8 Å². The molecule has 0 aromatic carbocycles. The fourth-order valence-electron chi connectivity index (χ4n) is 4.54. The summed E-state index contributed by atoms with van der Waals surface area (Å²) in [5.74, 6) is 1.94. The number of furan rings is 1. The van der Waals surface area contributed by atoms with Crippen LogP contribution in [0.2, 0.25) is 0 Å². The first-order valence-corrected chi connectivity index (χ1v) is 11.3. The Hall–Kier alpha value is -2.06. The van der Waals surface area contributed by atoms with Crippen molar-refractivity contribution in [1.82, 2.24) is 20.0 Å². The average molecular weight is 420 g/mol. The maximum atomic E-state index is 12.5. The second kappa shape index (κ2) is 11.4. The summed E-state index contributed by atoms with van der Waals surface area (Å²) in [6, 6.07) is 3.95. The number of ether oxygens (including phenoxy) is 1. The van der Waals surface area contributed by atoms with Crippen LogP contribution < -0.4 is 5.32 Å². The van der Waals surface area contributed by atoms with E-state index in [4.69, 9.17) is 9.15 Å². The Balaban J connectivity index is 1.54. The van der Waals surface area contributed by atoms with Crippen LogP contribution in [0.1, 0.15) is 37.2 Å². The van der Waals surface area contributed by atoms with Crippen LogP contribution in [0.3, 0.4) is 0 Å². The van der Waals surface area contributed by atoms with Gasteiger partial charge in [-0.15, -0.1) is 0 Å². The zero-order valence-corrected chi connectivity index (χ0v) is 18.7. The third-order valence-electron chi connectivity index (χ3n) is 6.39. The summed E-state index contributed by atoms with van der Waals surface area (Å²) in [5, 5.41) is 3.63. The number of rotatable bonds is 7. The van der Waals surface area contributed by atoms with E-state index in [2.05, 4.69) is 34.0 Å². The number of carbonyl (C=O) groups excluding carboxylic acids is 1. The van der Waals surface area contributed by atoms with Crippen molar-refractivity contribution in [2.45, 2.75) is 32.7 Å². The zero-order chi connectivity index (χ0) is 21.3. The second-order valence-corrected chi connectivity index (χ2v) is 7.98. The Morgan fingerprint density at radius 1 is 1.10 bits per heavy atom. The van der Waals surface area contributed by atoms with E-state index >= 15 is 0 Å². The van der Waals surface area contributed by atoms with Crippen LogP contribution in [0.25, 0.3) is 0 Å². The van der Waals surface area contributed by atoms with E-state index in [0.717, 1.165) is 51.9 Å². The quantitative estimate of drug-likeness (QED) is 0.536. The van der Waals surface area contributed by atoms with Gasteiger partial charge < -0.3 is 24.3 Å². The third kappa shape index (κ3) is 5.55. The molecule has 2 aliphatic heterocycles. The van der Waals surface area contributed by atoms with Crippen molar-refractivity contribution in [1.29, 1.82) is 0 Å². The van der Waals surface area contributed by atoms with Gasteiger partial charge >= 0.3 is 0 Å².